The molecular formula is C13H20N4O2. The molecule has 0 amide bonds. The van der Waals surface area contributed by atoms with Crippen molar-refractivity contribution in [2.24, 2.45) is 0 Å². The summed E-state index contributed by atoms with van der Waals surface area (Å²) in [5, 5.41) is 8.63. The monoisotopic (exact) mass is 264 g/mol. The highest BCUT2D eigenvalue weighted by atomic mass is 16.4. The molecule has 104 valence electrons. The largest absolute Gasteiger partial charge is 0.481 e. The second-order valence-electron chi connectivity index (χ2n) is 4.85. The van der Waals surface area contributed by atoms with Crippen LogP contribution in [0, 0.1) is 0 Å². The number of hydrogen-bond donors (Lipinski definition) is 1. The Morgan fingerprint density at radius 1 is 1.42 bits per heavy atom. The lowest BCUT2D eigenvalue weighted by Gasteiger charge is -2.21. The van der Waals surface area contributed by atoms with E-state index < -0.39 is 5.97 Å². The average molecular weight is 264 g/mol. The highest BCUT2D eigenvalue weighted by Crippen LogP contribution is 2.20. The van der Waals surface area contributed by atoms with Gasteiger partial charge < -0.3 is 14.9 Å². The van der Waals surface area contributed by atoms with Gasteiger partial charge in [-0.3, -0.25) is 4.79 Å². The fraction of sp³-hybridized carbons (Fsp3) is 0.615. The Hall–Kier alpha value is -1.85. The third-order valence-corrected chi connectivity index (χ3v) is 3.34. The molecular weight excluding hydrogens is 244 g/mol. The first-order chi connectivity index (χ1) is 9.16. The van der Waals surface area contributed by atoms with Crippen LogP contribution in [-0.4, -0.2) is 47.7 Å². The molecule has 0 unspecified atom stereocenters. The molecule has 1 aromatic heterocycles. The van der Waals surface area contributed by atoms with Crippen molar-refractivity contribution in [2.75, 3.05) is 36.5 Å². The van der Waals surface area contributed by atoms with E-state index in [1.165, 1.54) is 12.8 Å². The summed E-state index contributed by atoms with van der Waals surface area (Å²) in [6.45, 7) is 2.79. The Kier molecular flexibility index (Phi) is 4.54. The molecule has 0 atom stereocenters. The first kappa shape index (κ1) is 13.6. The van der Waals surface area contributed by atoms with Crippen LogP contribution in [0.25, 0.3) is 0 Å². The number of hydrogen-bond acceptors (Lipinski definition) is 5. The molecule has 0 radical (unpaired) electrons. The average Bonchev–Trinajstić information content (AvgIpc) is 2.92. The standard InChI is InChI=1S/C13H20N4O2/c1-16(6-4-5-13(18)19)11-9-12(15-10-14-11)17-7-2-3-8-17/h9-10H,2-8H2,1H3,(H,18,19). The van der Waals surface area contributed by atoms with E-state index in [-0.39, 0.29) is 6.42 Å². The van der Waals surface area contributed by atoms with Crippen LogP contribution in [0.4, 0.5) is 11.6 Å². The molecule has 0 spiro atoms. The molecule has 0 aliphatic carbocycles. The molecule has 0 bridgehead atoms. The van der Waals surface area contributed by atoms with Gasteiger partial charge in [-0.1, -0.05) is 0 Å². The van der Waals surface area contributed by atoms with Gasteiger partial charge in [0.2, 0.25) is 0 Å². The summed E-state index contributed by atoms with van der Waals surface area (Å²) in [4.78, 5) is 23.3. The lowest BCUT2D eigenvalue weighted by atomic mass is 10.3. The number of anilines is 2. The number of nitrogens with zero attached hydrogens (tertiary/aromatic N) is 4. The van der Waals surface area contributed by atoms with Crippen molar-refractivity contribution < 1.29 is 9.90 Å². The van der Waals surface area contributed by atoms with Gasteiger partial charge in [0.05, 0.1) is 0 Å². The van der Waals surface area contributed by atoms with E-state index in [9.17, 15) is 4.79 Å². The second-order valence-corrected chi connectivity index (χ2v) is 4.85. The summed E-state index contributed by atoms with van der Waals surface area (Å²) in [6, 6.07) is 1.98. The maximum atomic E-state index is 10.5. The zero-order chi connectivity index (χ0) is 13.7. The Morgan fingerprint density at radius 2 is 2.16 bits per heavy atom. The van der Waals surface area contributed by atoms with Gasteiger partial charge in [-0.2, -0.15) is 0 Å². The molecule has 2 rings (SSSR count). The highest BCUT2D eigenvalue weighted by Gasteiger charge is 2.14. The zero-order valence-electron chi connectivity index (χ0n) is 11.2. The van der Waals surface area contributed by atoms with Crippen LogP contribution < -0.4 is 9.80 Å². The fourth-order valence-electron chi connectivity index (χ4n) is 2.25. The third kappa shape index (κ3) is 3.81. The SMILES string of the molecule is CN(CCCC(=O)O)c1cc(N2CCCC2)ncn1. The van der Waals surface area contributed by atoms with E-state index in [2.05, 4.69) is 14.9 Å². The van der Waals surface area contributed by atoms with E-state index in [0.29, 0.717) is 13.0 Å². The Morgan fingerprint density at radius 3 is 2.84 bits per heavy atom. The maximum Gasteiger partial charge on any atom is 0.303 e. The number of aliphatic carboxylic acids is 1. The minimum atomic E-state index is -0.756. The number of carbonyl (C=O) groups is 1. The van der Waals surface area contributed by atoms with Gasteiger partial charge >= 0.3 is 5.97 Å². The molecule has 19 heavy (non-hydrogen) atoms. The van der Waals surface area contributed by atoms with Gasteiger partial charge in [0.15, 0.2) is 0 Å². The van der Waals surface area contributed by atoms with Gasteiger partial charge in [0.1, 0.15) is 18.0 Å². The number of carboxylic acid groups (broad SMARTS) is 1. The molecule has 1 saturated heterocycles. The smallest absolute Gasteiger partial charge is 0.303 e. The second kappa shape index (κ2) is 6.36. The molecule has 1 aliphatic rings. The van der Waals surface area contributed by atoms with E-state index in [0.717, 1.165) is 24.7 Å². The lowest BCUT2D eigenvalue weighted by Crippen LogP contribution is -2.23. The lowest BCUT2D eigenvalue weighted by molar-refractivity contribution is -0.137. The van der Waals surface area contributed by atoms with E-state index in [1.807, 2.05) is 18.0 Å². The summed E-state index contributed by atoms with van der Waals surface area (Å²) in [6.07, 6.45) is 4.82. The molecule has 0 aromatic carbocycles. The van der Waals surface area contributed by atoms with Crippen molar-refractivity contribution in [1.82, 2.24) is 9.97 Å². The number of aromatic nitrogens is 2. The fourth-order valence-corrected chi connectivity index (χ4v) is 2.25. The summed E-state index contributed by atoms with van der Waals surface area (Å²) >= 11 is 0. The molecule has 0 saturated carbocycles. The summed E-state index contributed by atoms with van der Waals surface area (Å²) in [5.41, 5.74) is 0. The quantitative estimate of drug-likeness (QED) is 0.837. The van der Waals surface area contributed by atoms with Crippen LogP contribution in [0.3, 0.4) is 0 Å². The normalized spacial score (nSPS) is 14.7. The van der Waals surface area contributed by atoms with Gasteiger partial charge in [-0.05, 0) is 19.3 Å². The van der Waals surface area contributed by atoms with Crippen molar-refractivity contribution in [3.05, 3.63) is 12.4 Å². The third-order valence-electron chi connectivity index (χ3n) is 3.34. The van der Waals surface area contributed by atoms with Crippen LogP contribution in [-0.2, 0) is 4.79 Å². The molecule has 6 heteroatoms. The predicted molar refractivity (Wildman–Crippen MR) is 73.6 cm³/mol. The van der Waals surface area contributed by atoms with Crippen LogP contribution in [0.5, 0.6) is 0 Å². The van der Waals surface area contributed by atoms with Crippen molar-refractivity contribution in [3.8, 4) is 0 Å². The number of carboxylic acids is 1. The van der Waals surface area contributed by atoms with Gasteiger partial charge in [-0.25, -0.2) is 9.97 Å². The maximum absolute atomic E-state index is 10.5. The van der Waals surface area contributed by atoms with Crippen LogP contribution in [0.1, 0.15) is 25.7 Å². The first-order valence-corrected chi connectivity index (χ1v) is 6.67. The summed E-state index contributed by atoms with van der Waals surface area (Å²) < 4.78 is 0. The van der Waals surface area contributed by atoms with E-state index >= 15 is 0 Å². The Bertz CT molecular complexity index is 432. The van der Waals surface area contributed by atoms with Gasteiger partial charge in [0.25, 0.3) is 0 Å². The topological polar surface area (TPSA) is 69.6 Å². The molecule has 1 aromatic rings. The highest BCUT2D eigenvalue weighted by molar-refractivity contribution is 5.66. The van der Waals surface area contributed by atoms with E-state index in [4.69, 9.17) is 5.11 Å². The van der Waals surface area contributed by atoms with Crippen LogP contribution in [0.15, 0.2) is 12.4 Å². The zero-order valence-corrected chi connectivity index (χ0v) is 11.2. The molecule has 2 heterocycles. The van der Waals surface area contributed by atoms with Crippen molar-refractivity contribution >= 4 is 17.6 Å². The molecule has 1 N–H and O–H groups in total. The van der Waals surface area contributed by atoms with Crippen molar-refractivity contribution in [1.29, 1.82) is 0 Å². The van der Waals surface area contributed by atoms with Crippen LogP contribution in [0.2, 0.25) is 0 Å². The molecule has 6 nitrogen and oxygen atoms in total. The summed E-state index contributed by atoms with van der Waals surface area (Å²) in [5.74, 6) is 1.06. The van der Waals surface area contributed by atoms with E-state index in [1.54, 1.807) is 6.33 Å². The van der Waals surface area contributed by atoms with Gasteiger partial charge in [0, 0.05) is 39.2 Å². The van der Waals surface area contributed by atoms with Crippen LogP contribution >= 0.6 is 0 Å². The molecule has 1 fully saturated rings. The minimum absolute atomic E-state index is 0.189. The Balaban J connectivity index is 1.95. The van der Waals surface area contributed by atoms with Crippen molar-refractivity contribution in [3.63, 3.8) is 0 Å². The Labute approximate surface area is 113 Å². The predicted octanol–water partition coefficient (Wildman–Crippen LogP) is 1.38. The minimum Gasteiger partial charge on any atom is -0.481 e. The van der Waals surface area contributed by atoms with Gasteiger partial charge in [-0.15, -0.1) is 0 Å². The molecule has 1 aliphatic heterocycles. The number of rotatable bonds is 6. The first-order valence-electron chi connectivity index (χ1n) is 6.67. The summed E-state index contributed by atoms with van der Waals surface area (Å²) in [7, 11) is 1.93. The van der Waals surface area contributed by atoms with Crippen molar-refractivity contribution in [2.45, 2.75) is 25.7 Å².